The number of hydrogen-bond acceptors (Lipinski definition) is 7. The summed E-state index contributed by atoms with van der Waals surface area (Å²) in [7, 11) is 1.56. The van der Waals surface area contributed by atoms with Gasteiger partial charge in [-0.2, -0.15) is 4.80 Å². The minimum atomic E-state index is -0.873. The van der Waals surface area contributed by atoms with Gasteiger partial charge in [-0.3, -0.25) is 9.59 Å². The van der Waals surface area contributed by atoms with E-state index in [0.717, 1.165) is 35.6 Å². The maximum absolute atomic E-state index is 14.9. The lowest BCUT2D eigenvalue weighted by atomic mass is 10.2. The van der Waals surface area contributed by atoms with E-state index in [1.165, 1.54) is 28.8 Å². The number of benzene rings is 2. The maximum Gasteiger partial charge on any atom is 0.293 e. The molecule has 0 unspecified atom stereocenters. The number of halogens is 2. The highest BCUT2D eigenvalue weighted by atomic mass is 32.2. The van der Waals surface area contributed by atoms with Gasteiger partial charge in [0.2, 0.25) is 5.91 Å². The van der Waals surface area contributed by atoms with Crippen LogP contribution in [0.1, 0.15) is 29.0 Å². The highest BCUT2D eigenvalue weighted by Crippen LogP contribution is 2.39. The summed E-state index contributed by atoms with van der Waals surface area (Å²) in [6.07, 6.45) is 2.05. The highest BCUT2D eigenvalue weighted by molar-refractivity contribution is 7.99. The molecule has 1 saturated heterocycles. The molecule has 9 nitrogen and oxygen atoms in total. The summed E-state index contributed by atoms with van der Waals surface area (Å²) in [6, 6.07) is 8.47. The van der Waals surface area contributed by atoms with Crippen molar-refractivity contribution in [2.24, 2.45) is 0 Å². The Balaban J connectivity index is 1.29. The van der Waals surface area contributed by atoms with Crippen molar-refractivity contribution in [3.05, 3.63) is 59.4 Å². The van der Waals surface area contributed by atoms with Gasteiger partial charge in [-0.1, -0.05) is 18.2 Å². The first-order valence-corrected chi connectivity index (χ1v) is 12.2. The van der Waals surface area contributed by atoms with Crippen LogP contribution in [0.3, 0.4) is 0 Å². The van der Waals surface area contributed by atoms with E-state index in [2.05, 4.69) is 20.7 Å². The first-order valence-electron chi connectivity index (χ1n) is 11.2. The first kappa shape index (κ1) is 23.2. The van der Waals surface area contributed by atoms with Crippen molar-refractivity contribution in [3.8, 4) is 0 Å². The molecule has 1 aromatic heterocycles. The van der Waals surface area contributed by atoms with Gasteiger partial charge in [0.25, 0.3) is 11.7 Å². The normalized spacial score (nSPS) is 17.9. The van der Waals surface area contributed by atoms with Gasteiger partial charge in [0, 0.05) is 42.4 Å². The van der Waals surface area contributed by atoms with Gasteiger partial charge < -0.3 is 15.1 Å². The fourth-order valence-electron chi connectivity index (χ4n) is 4.21. The summed E-state index contributed by atoms with van der Waals surface area (Å²) in [6.45, 7) is 1.62. The van der Waals surface area contributed by atoms with Gasteiger partial charge in [-0.15, -0.1) is 22.0 Å². The van der Waals surface area contributed by atoms with Crippen molar-refractivity contribution >= 4 is 35.0 Å². The van der Waals surface area contributed by atoms with Crippen molar-refractivity contribution in [2.45, 2.75) is 30.3 Å². The molecule has 2 amide bonds. The summed E-state index contributed by atoms with van der Waals surface area (Å²) in [5.41, 5.74) is 1.35. The summed E-state index contributed by atoms with van der Waals surface area (Å²) in [4.78, 5) is 31.1. The van der Waals surface area contributed by atoms with Crippen molar-refractivity contribution in [3.63, 3.8) is 0 Å². The Bertz CT molecular complexity index is 1280. The monoisotopic (exact) mass is 499 g/mol. The number of aromatic nitrogens is 4. The zero-order chi connectivity index (χ0) is 24.5. The molecule has 2 aliphatic rings. The van der Waals surface area contributed by atoms with E-state index in [9.17, 15) is 18.4 Å². The van der Waals surface area contributed by atoms with Gasteiger partial charge in [0.1, 0.15) is 17.7 Å². The number of tetrazole rings is 1. The number of nitrogens with one attached hydrogen (secondary N) is 1. The Morgan fingerprint density at radius 2 is 1.91 bits per heavy atom. The zero-order valence-corrected chi connectivity index (χ0v) is 19.8. The van der Waals surface area contributed by atoms with E-state index in [1.54, 1.807) is 31.3 Å². The lowest BCUT2D eigenvalue weighted by Gasteiger charge is -2.23. The number of fused-ring (bicyclic) bond motifs is 1. The van der Waals surface area contributed by atoms with Crippen molar-refractivity contribution in [1.29, 1.82) is 0 Å². The Morgan fingerprint density at radius 1 is 1.14 bits per heavy atom. The molecule has 182 valence electrons. The molecule has 5 rings (SSSR count). The van der Waals surface area contributed by atoms with Crippen LogP contribution in [0, 0.1) is 11.6 Å². The predicted octanol–water partition coefficient (Wildman–Crippen LogP) is 2.47. The molecule has 3 heterocycles. The minimum Gasteiger partial charge on any atom is -0.369 e. The molecule has 0 bridgehead atoms. The topological polar surface area (TPSA) is 96.2 Å². The Kier molecular flexibility index (Phi) is 6.37. The van der Waals surface area contributed by atoms with E-state index in [1.807, 2.05) is 4.90 Å². The third-order valence-electron chi connectivity index (χ3n) is 6.10. The van der Waals surface area contributed by atoms with E-state index in [-0.39, 0.29) is 29.8 Å². The van der Waals surface area contributed by atoms with Crippen LogP contribution in [0.15, 0.2) is 41.3 Å². The fourth-order valence-corrected chi connectivity index (χ4v) is 5.32. The second-order valence-electron chi connectivity index (χ2n) is 8.43. The average Bonchev–Trinajstić information content (AvgIpc) is 3.53. The van der Waals surface area contributed by atoms with Crippen molar-refractivity contribution < 1.29 is 18.4 Å². The molecule has 35 heavy (non-hydrogen) atoms. The molecule has 0 saturated carbocycles. The lowest BCUT2D eigenvalue weighted by molar-refractivity contribution is -0.119. The number of rotatable bonds is 5. The van der Waals surface area contributed by atoms with Gasteiger partial charge in [-0.05, 0) is 30.2 Å². The maximum atomic E-state index is 14.9. The van der Waals surface area contributed by atoms with E-state index in [0.29, 0.717) is 16.9 Å². The van der Waals surface area contributed by atoms with Crippen LogP contribution in [0.25, 0.3) is 0 Å². The van der Waals surface area contributed by atoms with Gasteiger partial charge in [0.05, 0.1) is 17.9 Å². The molecule has 0 radical (unpaired) electrons. The number of thioether (sulfide) groups is 1. The van der Waals surface area contributed by atoms with E-state index in [4.69, 9.17) is 0 Å². The van der Waals surface area contributed by atoms with E-state index < -0.39 is 17.8 Å². The second kappa shape index (κ2) is 9.61. The van der Waals surface area contributed by atoms with Crippen LogP contribution in [-0.4, -0.2) is 64.0 Å². The zero-order valence-electron chi connectivity index (χ0n) is 18.9. The van der Waals surface area contributed by atoms with Crippen LogP contribution in [-0.2, 0) is 11.3 Å². The molecule has 1 N–H and O–H groups in total. The van der Waals surface area contributed by atoms with Crippen LogP contribution in [0.4, 0.5) is 20.2 Å². The first-order chi connectivity index (χ1) is 16.9. The van der Waals surface area contributed by atoms with Crippen LogP contribution >= 0.6 is 11.8 Å². The number of nitrogens with zero attached hydrogens (tertiary/aromatic N) is 6. The SMILES string of the molecule is CN1C(=O)[C@@H](NC(=O)c2nnn(Cc3ccccc3F)n2)CSc2cc(N3CCCC3)c(F)cc21. The minimum absolute atomic E-state index is 0.00806. The quantitative estimate of drug-likeness (QED) is 0.576. The number of carbonyl (C=O) groups excluding carboxylic acids is 2. The summed E-state index contributed by atoms with van der Waals surface area (Å²) in [5, 5.41) is 14.2. The van der Waals surface area contributed by atoms with Gasteiger partial charge in [0.15, 0.2) is 0 Å². The van der Waals surface area contributed by atoms with Crippen LogP contribution in [0.2, 0.25) is 0 Å². The molecule has 3 aromatic rings. The number of likely N-dealkylation sites (N-methyl/N-ethyl adjacent to an activating group) is 1. The van der Waals surface area contributed by atoms with E-state index >= 15 is 0 Å². The largest absolute Gasteiger partial charge is 0.369 e. The summed E-state index contributed by atoms with van der Waals surface area (Å²) < 4.78 is 28.7. The molecule has 2 aliphatic heterocycles. The van der Waals surface area contributed by atoms with Gasteiger partial charge >= 0.3 is 0 Å². The smallest absolute Gasteiger partial charge is 0.293 e. The predicted molar refractivity (Wildman–Crippen MR) is 127 cm³/mol. The molecule has 2 aromatic carbocycles. The molecule has 0 spiro atoms. The standard InChI is InChI=1S/C23H23F2N7O2S/c1-30-19-10-16(25)18(31-8-4-5-9-31)11-20(19)35-13-17(23(30)34)26-22(33)21-27-29-32(28-21)12-14-6-2-3-7-15(14)24/h2-3,6-7,10-11,17H,4-5,8-9,12-13H2,1H3,(H,26,33)/t17-/m0/s1. The average molecular weight is 500 g/mol. The van der Waals surface area contributed by atoms with Gasteiger partial charge in [-0.25, -0.2) is 8.78 Å². The summed E-state index contributed by atoms with van der Waals surface area (Å²) >= 11 is 1.38. The third-order valence-corrected chi connectivity index (χ3v) is 7.24. The summed E-state index contributed by atoms with van der Waals surface area (Å²) in [5.74, 6) is -1.81. The number of carbonyl (C=O) groups is 2. The van der Waals surface area contributed by atoms with Crippen molar-refractivity contribution in [1.82, 2.24) is 25.5 Å². The molecule has 1 atom stereocenters. The molecular weight excluding hydrogens is 476 g/mol. The Morgan fingerprint density at radius 3 is 2.69 bits per heavy atom. The highest BCUT2D eigenvalue weighted by Gasteiger charge is 2.32. The molecule has 1 fully saturated rings. The Hall–Kier alpha value is -3.54. The fraction of sp³-hybridized carbons (Fsp3) is 0.348. The Labute approximate surface area is 204 Å². The second-order valence-corrected chi connectivity index (χ2v) is 9.50. The lowest BCUT2D eigenvalue weighted by Crippen LogP contribution is -2.48. The molecular formula is C23H23F2N7O2S. The van der Waals surface area contributed by atoms with Crippen molar-refractivity contribution in [2.75, 3.05) is 35.7 Å². The van der Waals surface area contributed by atoms with Crippen LogP contribution < -0.4 is 15.1 Å². The number of hydrogen-bond donors (Lipinski definition) is 1. The third kappa shape index (κ3) is 4.70. The molecule has 0 aliphatic carbocycles. The number of amides is 2. The molecule has 12 heteroatoms. The van der Waals surface area contributed by atoms with Crippen LogP contribution in [0.5, 0.6) is 0 Å². The number of anilines is 2.